The summed E-state index contributed by atoms with van der Waals surface area (Å²) in [6.07, 6.45) is 3.11. The van der Waals surface area contributed by atoms with Crippen molar-refractivity contribution in [2.75, 3.05) is 11.1 Å². The third kappa shape index (κ3) is 4.47. The quantitative estimate of drug-likeness (QED) is 0.831. The summed E-state index contributed by atoms with van der Waals surface area (Å²) in [6.45, 7) is 2.13. The van der Waals surface area contributed by atoms with Gasteiger partial charge in [0.1, 0.15) is 5.01 Å². The minimum Gasteiger partial charge on any atom is -0.399 e. The molecule has 0 aliphatic carbocycles. The topological polar surface area (TPSA) is 80.9 Å². The molecular formula is C13H17ClN4OS. The van der Waals surface area contributed by atoms with Gasteiger partial charge in [-0.05, 0) is 30.7 Å². The number of hydrogen-bond donors (Lipinski definition) is 2. The molecule has 1 heterocycles. The average molecular weight is 313 g/mol. The molecule has 2 rings (SSSR count). The monoisotopic (exact) mass is 312 g/mol. The first-order valence-electron chi connectivity index (χ1n) is 6.18. The molecule has 1 aromatic heterocycles. The van der Waals surface area contributed by atoms with E-state index in [1.165, 1.54) is 11.3 Å². The lowest BCUT2D eigenvalue weighted by Gasteiger charge is -2.01. The molecule has 0 saturated heterocycles. The van der Waals surface area contributed by atoms with Crippen LogP contribution < -0.4 is 11.1 Å². The minimum absolute atomic E-state index is 0. The van der Waals surface area contributed by atoms with Crippen LogP contribution in [-0.2, 0) is 6.42 Å². The van der Waals surface area contributed by atoms with E-state index < -0.39 is 0 Å². The van der Waals surface area contributed by atoms with Crippen molar-refractivity contribution in [3.63, 3.8) is 0 Å². The van der Waals surface area contributed by atoms with Crippen LogP contribution >= 0.6 is 23.7 Å². The highest BCUT2D eigenvalue weighted by Gasteiger charge is 2.09. The van der Waals surface area contributed by atoms with E-state index in [0.29, 0.717) is 16.4 Å². The maximum Gasteiger partial charge on any atom is 0.257 e. The average Bonchev–Trinajstić information content (AvgIpc) is 2.84. The zero-order chi connectivity index (χ0) is 13.7. The Morgan fingerprint density at radius 3 is 2.65 bits per heavy atom. The summed E-state index contributed by atoms with van der Waals surface area (Å²) >= 11 is 1.42. The summed E-state index contributed by atoms with van der Waals surface area (Å²) in [5.74, 6) is -0.196. The summed E-state index contributed by atoms with van der Waals surface area (Å²) in [5.41, 5.74) is 6.77. The van der Waals surface area contributed by atoms with Crippen molar-refractivity contribution in [2.24, 2.45) is 0 Å². The second kappa shape index (κ2) is 7.81. The number of benzene rings is 1. The molecule has 3 N–H and O–H groups in total. The molecule has 0 aliphatic rings. The van der Waals surface area contributed by atoms with Crippen LogP contribution in [-0.4, -0.2) is 16.1 Å². The van der Waals surface area contributed by atoms with Crippen LogP contribution in [0.4, 0.5) is 10.8 Å². The molecular weight excluding hydrogens is 296 g/mol. The molecule has 7 heteroatoms. The fraction of sp³-hybridized carbons (Fsp3) is 0.308. The number of rotatable bonds is 5. The minimum atomic E-state index is -0.196. The number of nitrogen functional groups attached to an aromatic ring is 1. The smallest absolute Gasteiger partial charge is 0.257 e. The molecule has 0 aliphatic heterocycles. The van der Waals surface area contributed by atoms with Crippen molar-refractivity contribution >= 4 is 40.5 Å². The van der Waals surface area contributed by atoms with Gasteiger partial charge in [-0.1, -0.05) is 24.7 Å². The van der Waals surface area contributed by atoms with Crippen LogP contribution in [0, 0.1) is 0 Å². The molecule has 1 aromatic carbocycles. The first-order valence-corrected chi connectivity index (χ1v) is 7.00. The molecule has 0 unspecified atom stereocenters. The van der Waals surface area contributed by atoms with Gasteiger partial charge in [-0.15, -0.1) is 22.6 Å². The second-order valence-corrected chi connectivity index (χ2v) is 5.24. The van der Waals surface area contributed by atoms with Gasteiger partial charge < -0.3 is 5.73 Å². The van der Waals surface area contributed by atoms with Crippen molar-refractivity contribution in [3.8, 4) is 0 Å². The summed E-state index contributed by atoms with van der Waals surface area (Å²) in [6, 6.07) is 6.76. The summed E-state index contributed by atoms with van der Waals surface area (Å²) in [4.78, 5) is 11.9. The number of nitrogens with one attached hydrogen (secondary N) is 1. The van der Waals surface area contributed by atoms with E-state index in [4.69, 9.17) is 5.73 Å². The maximum absolute atomic E-state index is 11.9. The second-order valence-electron chi connectivity index (χ2n) is 4.18. The number of unbranched alkanes of at least 4 members (excludes halogenated alkanes) is 1. The lowest BCUT2D eigenvalue weighted by molar-refractivity contribution is 0.102. The third-order valence-corrected chi connectivity index (χ3v) is 3.50. The molecule has 5 nitrogen and oxygen atoms in total. The molecule has 108 valence electrons. The van der Waals surface area contributed by atoms with Gasteiger partial charge in [-0.2, -0.15) is 0 Å². The summed E-state index contributed by atoms with van der Waals surface area (Å²) < 4.78 is 0. The fourth-order valence-electron chi connectivity index (χ4n) is 1.54. The van der Waals surface area contributed by atoms with E-state index in [2.05, 4.69) is 22.4 Å². The van der Waals surface area contributed by atoms with Gasteiger partial charge in [-0.25, -0.2) is 0 Å². The standard InChI is InChI=1S/C13H16N4OS.ClH/c1-2-3-4-11-16-17-13(19-11)15-12(18)9-5-7-10(14)8-6-9;/h5-8H,2-4,14H2,1H3,(H,15,17,18);1H. The summed E-state index contributed by atoms with van der Waals surface area (Å²) in [5, 5.41) is 12.2. The Hall–Kier alpha value is -1.66. The number of nitrogens with zero attached hydrogens (tertiary/aromatic N) is 2. The fourth-order valence-corrected chi connectivity index (χ4v) is 2.31. The van der Waals surface area contributed by atoms with Crippen molar-refractivity contribution < 1.29 is 4.79 Å². The normalized spacial score (nSPS) is 9.85. The number of halogens is 1. The predicted octanol–water partition coefficient (Wildman–Crippen LogP) is 3.14. The van der Waals surface area contributed by atoms with Gasteiger partial charge in [-0.3, -0.25) is 10.1 Å². The van der Waals surface area contributed by atoms with E-state index in [9.17, 15) is 4.79 Å². The highest BCUT2D eigenvalue weighted by atomic mass is 35.5. The number of hydrogen-bond acceptors (Lipinski definition) is 5. The number of aromatic nitrogens is 2. The van der Waals surface area contributed by atoms with E-state index in [1.54, 1.807) is 24.3 Å². The largest absolute Gasteiger partial charge is 0.399 e. The Balaban J connectivity index is 0.00000200. The highest BCUT2D eigenvalue weighted by Crippen LogP contribution is 2.18. The Morgan fingerprint density at radius 1 is 1.30 bits per heavy atom. The first-order chi connectivity index (χ1) is 9.19. The van der Waals surface area contributed by atoms with E-state index in [-0.39, 0.29) is 18.3 Å². The lowest BCUT2D eigenvalue weighted by atomic mass is 10.2. The molecule has 0 atom stereocenters. The van der Waals surface area contributed by atoms with E-state index in [0.717, 1.165) is 24.3 Å². The van der Waals surface area contributed by atoms with Crippen molar-refractivity contribution in [3.05, 3.63) is 34.8 Å². The van der Waals surface area contributed by atoms with Gasteiger partial charge in [0.2, 0.25) is 5.13 Å². The Kier molecular flexibility index (Phi) is 6.41. The predicted molar refractivity (Wildman–Crippen MR) is 84.6 cm³/mol. The van der Waals surface area contributed by atoms with Gasteiger partial charge in [0.05, 0.1) is 0 Å². The van der Waals surface area contributed by atoms with Crippen LogP contribution in [0.5, 0.6) is 0 Å². The molecule has 0 bridgehead atoms. The van der Waals surface area contributed by atoms with Crippen LogP contribution in [0.1, 0.15) is 35.1 Å². The van der Waals surface area contributed by atoms with Gasteiger partial charge in [0, 0.05) is 17.7 Å². The molecule has 2 aromatic rings. The number of amides is 1. The van der Waals surface area contributed by atoms with E-state index in [1.807, 2.05) is 0 Å². The summed E-state index contributed by atoms with van der Waals surface area (Å²) in [7, 11) is 0. The number of nitrogens with two attached hydrogens (primary N) is 1. The van der Waals surface area contributed by atoms with E-state index >= 15 is 0 Å². The third-order valence-electron chi connectivity index (χ3n) is 2.60. The highest BCUT2D eigenvalue weighted by molar-refractivity contribution is 7.15. The number of anilines is 2. The van der Waals surface area contributed by atoms with Crippen molar-refractivity contribution in [2.45, 2.75) is 26.2 Å². The number of carbonyl (C=O) groups excluding carboxylic acids is 1. The molecule has 0 spiro atoms. The Morgan fingerprint density at radius 2 is 2.00 bits per heavy atom. The molecule has 1 amide bonds. The van der Waals surface area contributed by atoms with Gasteiger partial charge >= 0.3 is 0 Å². The molecule has 0 radical (unpaired) electrons. The van der Waals surface area contributed by atoms with Crippen LogP contribution in [0.3, 0.4) is 0 Å². The zero-order valence-electron chi connectivity index (χ0n) is 11.1. The number of carbonyl (C=O) groups is 1. The van der Waals surface area contributed by atoms with Crippen molar-refractivity contribution in [1.29, 1.82) is 0 Å². The SMILES string of the molecule is CCCCc1nnc(NC(=O)c2ccc(N)cc2)s1.Cl. The van der Waals surface area contributed by atoms with Crippen LogP contribution in [0.15, 0.2) is 24.3 Å². The van der Waals surface area contributed by atoms with Crippen LogP contribution in [0.25, 0.3) is 0 Å². The lowest BCUT2D eigenvalue weighted by Crippen LogP contribution is -2.11. The Bertz CT molecular complexity index is 556. The zero-order valence-corrected chi connectivity index (χ0v) is 12.8. The van der Waals surface area contributed by atoms with Gasteiger partial charge in [0.15, 0.2) is 0 Å². The number of aryl methyl sites for hydroxylation is 1. The van der Waals surface area contributed by atoms with Crippen LogP contribution in [0.2, 0.25) is 0 Å². The first kappa shape index (κ1) is 16.4. The van der Waals surface area contributed by atoms with Crippen molar-refractivity contribution in [1.82, 2.24) is 10.2 Å². The maximum atomic E-state index is 11.9. The molecule has 0 fully saturated rings. The Labute approximate surface area is 128 Å². The van der Waals surface area contributed by atoms with Gasteiger partial charge in [0.25, 0.3) is 5.91 Å². The molecule has 20 heavy (non-hydrogen) atoms. The molecule has 0 saturated carbocycles.